The normalized spacial score (nSPS) is 10.2. The highest BCUT2D eigenvalue weighted by Crippen LogP contribution is 2.23. The fourth-order valence-electron chi connectivity index (χ4n) is 1.78. The van der Waals surface area contributed by atoms with E-state index < -0.39 is 5.97 Å². The molecule has 21 heavy (non-hydrogen) atoms. The van der Waals surface area contributed by atoms with E-state index >= 15 is 0 Å². The molecule has 2 N–H and O–H groups in total. The zero-order chi connectivity index (χ0) is 15.2. The van der Waals surface area contributed by atoms with Gasteiger partial charge in [-0.2, -0.15) is 0 Å². The minimum absolute atomic E-state index is 0.0220. The van der Waals surface area contributed by atoms with Crippen LogP contribution >= 0.6 is 11.6 Å². The summed E-state index contributed by atoms with van der Waals surface area (Å²) < 4.78 is 5.58. The molecule has 0 aliphatic heterocycles. The van der Waals surface area contributed by atoms with Crippen LogP contribution < -0.4 is 10.1 Å². The van der Waals surface area contributed by atoms with Gasteiger partial charge in [0.05, 0.1) is 17.1 Å². The summed E-state index contributed by atoms with van der Waals surface area (Å²) in [6.07, 6.45) is 1.40. The Morgan fingerprint density at radius 2 is 2.24 bits per heavy atom. The Hall–Kier alpha value is -2.27. The molecule has 0 atom stereocenters. The minimum Gasteiger partial charge on any atom is -0.492 e. The molecule has 1 aromatic heterocycles. The van der Waals surface area contributed by atoms with Crippen molar-refractivity contribution in [3.63, 3.8) is 0 Å². The van der Waals surface area contributed by atoms with Gasteiger partial charge in [-0.3, -0.25) is 0 Å². The van der Waals surface area contributed by atoms with Crippen molar-refractivity contribution in [3.05, 3.63) is 52.7 Å². The maximum Gasteiger partial charge on any atom is 0.337 e. The van der Waals surface area contributed by atoms with Crippen LogP contribution in [0.2, 0.25) is 5.02 Å². The van der Waals surface area contributed by atoms with Crippen LogP contribution in [0.5, 0.6) is 5.75 Å². The van der Waals surface area contributed by atoms with E-state index in [9.17, 15) is 4.79 Å². The standard InChI is InChI=1S/C15H15ClN2O3/c1-10-3-2-4-11(9-10)21-8-7-18-14-13(16)12(15(19)20)5-6-17-14/h2-6,9H,7-8H2,1H3,(H,17,18)(H,19,20). The van der Waals surface area contributed by atoms with Gasteiger partial charge in [-0.15, -0.1) is 0 Å². The second kappa shape index (κ2) is 6.95. The quantitative estimate of drug-likeness (QED) is 0.802. The number of hydrogen-bond acceptors (Lipinski definition) is 4. The molecule has 5 nitrogen and oxygen atoms in total. The van der Waals surface area contributed by atoms with Crippen molar-refractivity contribution in [1.29, 1.82) is 0 Å². The molecule has 1 aromatic carbocycles. The number of nitrogens with one attached hydrogen (secondary N) is 1. The van der Waals surface area contributed by atoms with E-state index in [-0.39, 0.29) is 10.6 Å². The lowest BCUT2D eigenvalue weighted by atomic mass is 10.2. The maximum atomic E-state index is 11.0. The Morgan fingerprint density at radius 1 is 1.43 bits per heavy atom. The van der Waals surface area contributed by atoms with Crippen LogP contribution in [0.3, 0.4) is 0 Å². The lowest BCUT2D eigenvalue weighted by molar-refractivity contribution is 0.0697. The van der Waals surface area contributed by atoms with Crippen LogP contribution in [-0.2, 0) is 0 Å². The average molecular weight is 307 g/mol. The second-order valence-corrected chi connectivity index (χ2v) is 4.80. The maximum absolute atomic E-state index is 11.0. The van der Waals surface area contributed by atoms with Gasteiger partial charge >= 0.3 is 5.97 Å². The molecule has 0 spiro atoms. The molecule has 1 heterocycles. The summed E-state index contributed by atoms with van der Waals surface area (Å²) in [7, 11) is 0. The lowest BCUT2D eigenvalue weighted by Crippen LogP contribution is -2.13. The highest BCUT2D eigenvalue weighted by Gasteiger charge is 2.12. The topological polar surface area (TPSA) is 71.5 Å². The SMILES string of the molecule is Cc1cccc(OCCNc2nccc(C(=O)O)c2Cl)c1. The monoisotopic (exact) mass is 306 g/mol. The number of benzene rings is 1. The second-order valence-electron chi connectivity index (χ2n) is 4.42. The summed E-state index contributed by atoms with van der Waals surface area (Å²) in [5.41, 5.74) is 1.15. The Morgan fingerprint density at radius 3 is 2.95 bits per heavy atom. The van der Waals surface area contributed by atoms with Gasteiger partial charge in [0.2, 0.25) is 0 Å². The number of carbonyl (C=O) groups is 1. The van der Waals surface area contributed by atoms with Gasteiger partial charge in [-0.25, -0.2) is 9.78 Å². The van der Waals surface area contributed by atoms with Gasteiger partial charge in [-0.1, -0.05) is 23.7 Å². The summed E-state index contributed by atoms with van der Waals surface area (Å²) >= 11 is 5.97. The van der Waals surface area contributed by atoms with Crippen LogP contribution in [0.25, 0.3) is 0 Å². The molecule has 2 rings (SSSR count). The third-order valence-electron chi connectivity index (χ3n) is 2.77. The predicted octanol–water partition coefficient (Wildman–Crippen LogP) is 3.23. The number of hydrogen-bond donors (Lipinski definition) is 2. The zero-order valence-electron chi connectivity index (χ0n) is 11.5. The number of anilines is 1. The number of rotatable bonds is 6. The first-order chi connectivity index (χ1) is 10.1. The van der Waals surface area contributed by atoms with Crippen LogP contribution in [0, 0.1) is 6.92 Å². The van der Waals surface area contributed by atoms with Crippen molar-refractivity contribution in [2.75, 3.05) is 18.5 Å². The zero-order valence-corrected chi connectivity index (χ0v) is 12.2. The van der Waals surface area contributed by atoms with Gasteiger partial charge in [0.1, 0.15) is 18.2 Å². The average Bonchev–Trinajstić information content (AvgIpc) is 2.45. The van der Waals surface area contributed by atoms with Crippen LogP contribution in [0.4, 0.5) is 5.82 Å². The summed E-state index contributed by atoms with van der Waals surface area (Å²) in [6.45, 7) is 2.87. The van der Waals surface area contributed by atoms with Crippen LogP contribution in [-0.4, -0.2) is 29.2 Å². The number of halogens is 1. The Bertz CT molecular complexity index is 647. The Kier molecular flexibility index (Phi) is 5.00. The molecule has 0 fully saturated rings. The molecule has 6 heteroatoms. The molecule has 0 aliphatic rings. The number of carboxylic acid groups (broad SMARTS) is 1. The van der Waals surface area contributed by atoms with Crippen molar-refractivity contribution in [3.8, 4) is 5.75 Å². The summed E-state index contributed by atoms with van der Waals surface area (Å²) in [6, 6.07) is 9.09. The highest BCUT2D eigenvalue weighted by molar-refractivity contribution is 6.35. The number of pyridine rings is 1. The van der Waals surface area contributed by atoms with Crippen molar-refractivity contribution in [2.24, 2.45) is 0 Å². The van der Waals surface area contributed by atoms with Crippen molar-refractivity contribution >= 4 is 23.4 Å². The number of aromatic nitrogens is 1. The predicted molar refractivity (Wildman–Crippen MR) is 81.4 cm³/mol. The molecular formula is C15H15ClN2O3. The molecule has 0 radical (unpaired) electrons. The highest BCUT2D eigenvalue weighted by atomic mass is 35.5. The number of carboxylic acids is 1. The lowest BCUT2D eigenvalue weighted by Gasteiger charge is -2.10. The molecule has 0 unspecified atom stereocenters. The third kappa shape index (κ3) is 4.10. The van der Waals surface area contributed by atoms with Gasteiger partial charge in [0, 0.05) is 6.20 Å². The number of nitrogens with zero attached hydrogens (tertiary/aromatic N) is 1. The first-order valence-corrected chi connectivity index (χ1v) is 6.77. The molecule has 0 saturated heterocycles. The Balaban J connectivity index is 1.89. The van der Waals surface area contributed by atoms with Gasteiger partial charge < -0.3 is 15.2 Å². The largest absolute Gasteiger partial charge is 0.492 e. The van der Waals surface area contributed by atoms with Gasteiger partial charge in [0.25, 0.3) is 0 Å². The first kappa shape index (κ1) is 15.1. The molecule has 110 valence electrons. The summed E-state index contributed by atoms with van der Waals surface area (Å²) in [5.74, 6) is 0.0426. The first-order valence-electron chi connectivity index (χ1n) is 6.39. The summed E-state index contributed by atoms with van der Waals surface area (Å²) in [5, 5.41) is 12.0. The minimum atomic E-state index is -1.08. The number of ether oxygens (including phenoxy) is 1. The molecule has 0 amide bonds. The summed E-state index contributed by atoms with van der Waals surface area (Å²) in [4.78, 5) is 15.0. The van der Waals surface area contributed by atoms with Crippen molar-refractivity contribution in [1.82, 2.24) is 4.98 Å². The van der Waals surface area contributed by atoms with E-state index in [2.05, 4.69) is 10.3 Å². The fourth-order valence-corrected chi connectivity index (χ4v) is 2.04. The van der Waals surface area contributed by atoms with E-state index in [0.717, 1.165) is 11.3 Å². The van der Waals surface area contributed by atoms with E-state index in [4.69, 9.17) is 21.4 Å². The Labute approximate surface area is 127 Å². The van der Waals surface area contributed by atoms with Crippen LogP contribution in [0.1, 0.15) is 15.9 Å². The van der Waals surface area contributed by atoms with Crippen LogP contribution in [0.15, 0.2) is 36.5 Å². The van der Waals surface area contributed by atoms with Gasteiger partial charge in [0.15, 0.2) is 0 Å². The fraction of sp³-hybridized carbons (Fsp3) is 0.200. The molecular weight excluding hydrogens is 292 g/mol. The van der Waals surface area contributed by atoms with E-state index in [1.807, 2.05) is 31.2 Å². The van der Waals surface area contributed by atoms with E-state index in [1.54, 1.807) is 0 Å². The number of aromatic carboxylic acids is 1. The van der Waals surface area contributed by atoms with E-state index in [1.165, 1.54) is 12.3 Å². The third-order valence-corrected chi connectivity index (χ3v) is 3.15. The van der Waals surface area contributed by atoms with Crippen molar-refractivity contribution in [2.45, 2.75) is 6.92 Å². The van der Waals surface area contributed by atoms with E-state index in [0.29, 0.717) is 19.0 Å². The van der Waals surface area contributed by atoms with Gasteiger partial charge in [-0.05, 0) is 30.7 Å². The number of aryl methyl sites for hydroxylation is 1. The molecule has 2 aromatic rings. The smallest absolute Gasteiger partial charge is 0.337 e. The molecule has 0 saturated carbocycles. The molecule has 0 aliphatic carbocycles. The van der Waals surface area contributed by atoms with Crippen molar-refractivity contribution < 1.29 is 14.6 Å². The molecule has 0 bridgehead atoms.